The van der Waals surface area contributed by atoms with Gasteiger partial charge in [-0.15, -0.1) is 0 Å². The molecular formula is C13H8FNO3. The molecule has 0 amide bonds. The fourth-order valence-electron chi connectivity index (χ4n) is 1.58. The zero-order valence-electron chi connectivity index (χ0n) is 9.17. The summed E-state index contributed by atoms with van der Waals surface area (Å²) < 4.78 is 12.7. The number of ketones is 1. The smallest absolute Gasteiger partial charge is 0.280 e. The van der Waals surface area contributed by atoms with Crippen LogP contribution in [0.25, 0.3) is 0 Å². The van der Waals surface area contributed by atoms with Crippen molar-refractivity contribution in [1.82, 2.24) is 0 Å². The van der Waals surface area contributed by atoms with Gasteiger partial charge in [-0.05, 0) is 30.3 Å². The molecule has 0 radical (unpaired) electrons. The first-order chi connectivity index (χ1) is 8.59. The molecule has 0 spiro atoms. The van der Waals surface area contributed by atoms with Crippen LogP contribution >= 0.6 is 0 Å². The molecule has 5 heteroatoms. The summed E-state index contributed by atoms with van der Waals surface area (Å²) in [5.74, 6) is -0.962. The van der Waals surface area contributed by atoms with Crippen molar-refractivity contribution in [2.75, 3.05) is 0 Å². The summed E-state index contributed by atoms with van der Waals surface area (Å²) in [5, 5.41) is 10.8. The van der Waals surface area contributed by atoms with Gasteiger partial charge in [-0.25, -0.2) is 4.39 Å². The van der Waals surface area contributed by atoms with Crippen molar-refractivity contribution in [2.24, 2.45) is 0 Å². The SMILES string of the molecule is O=C(c1ccc(F)cc1)c1ccccc1[N+](=O)[O-]. The highest BCUT2D eigenvalue weighted by atomic mass is 19.1. The van der Waals surface area contributed by atoms with Crippen LogP contribution in [0.15, 0.2) is 48.5 Å². The van der Waals surface area contributed by atoms with E-state index in [1.165, 1.54) is 30.3 Å². The summed E-state index contributed by atoms with van der Waals surface area (Å²) in [6.07, 6.45) is 0. The lowest BCUT2D eigenvalue weighted by Crippen LogP contribution is -2.05. The van der Waals surface area contributed by atoms with E-state index in [9.17, 15) is 19.3 Å². The number of hydrogen-bond acceptors (Lipinski definition) is 3. The Balaban J connectivity index is 2.46. The van der Waals surface area contributed by atoms with Gasteiger partial charge in [0.05, 0.1) is 4.92 Å². The summed E-state index contributed by atoms with van der Waals surface area (Å²) in [6.45, 7) is 0. The van der Waals surface area contributed by atoms with Gasteiger partial charge in [-0.1, -0.05) is 12.1 Å². The molecule has 4 nitrogen and oxygen atoms in total. The summed E-state index contributed by atoms with van der Waals surface area (Å²) in [6, 6.07) is 10.6. The maximum absolute atomic E-state index is 12.7. The van der Waals surface area contributed by atoms with E-state index in [1.807, 2.05) is 0 Å². The minimum Gasteiger partial charge on any atom is -0.288 e. The van der Waals surface area contributed by atoms with Gasteiger partial charge >= 0.3 is 0 Å². The van der Waals surface area contributed by atoms with Crippen LogP contribution in [0.4, 0.5) is 10.1 Å². The monoisotopic (exact) mass is 245 g/mol. The Hall–Kier alpha value is -2.56. The predicted molar refractivity (Wildman–Crippen MR) is 62.9 cm³/mol. The molecule has 0 unspecified atom stereocenters. The Kier molecular flexibility index (Phi) is 3.14. The number of carbonyl (C=O) groups is 1. The topological polar surface area (TPSA) is 60.2 Å². The molecule has 90 valence electrons. The number of benzene rings is 2. The predicted octanol–water partition coefficient (Wildman–Crippen LogP) is 2.96. The fraction of sp³-hybridized carbons (Fsp3) is 0. The average Bonchev–Trinajstić information content (AvgIpc) is 2.39. The lowest BCUT2D eigenvalue weighted by molar-refractivity contribution is -0.385. The van der Waals surface area contributed by atoms with Gasteiger partial charge in [0.2, 0.25) is 0 Å². The van der Waals surface area contributed by atoms with Gasteiger partial charge in [0, 0.05) is 11.6 Å². The van der Waals surface area contributed by atoms with E-state index in [-0.39, 0.29) is 16.8 Å². The number of nitro benzene ring substituents is 1. The van der Waals surface area contributed by atoms with E-state index in [4.69, 9.17) is 0 Å². The van der Waals surface area contributed by atoms with E-state index in [2.05, 4.69) is 0 Å². The average molecular weight is 245 g/mol. The number of carbonyl (C=O) groups excluding carboxylic acids is 1. The molecule has 0 N–H and O–H groups in total. The quantitative estimate of drug-likeness (QED) is 0.474. The molecule has 0 aliphatic carbocycles. The summed E-state index contributed by atoms with van der Waals surface area (Å²) in [5.41, 5.74) is -0.0494. The summed E-state index contributed by atoms with van der Waals surface area (Å²) >= 11 is 0. The molecule has 0 saturated carbocycles. The van der Waals surface area contributed by atoms with Gasteiger partial charge in [0.25, 0.3) is 5.69 Å². The Morgan fingerprint density at radius 1 is 1.06 bits per heavy atom. The molecule has 0 aliphatic rings. The first kappa shape index (κ1) is 11.9. The number of nitrogens with zero attached hydrogens (tertiary/aromatic N) is 1. The van der Waals surface area contributed by atoms with E-state index in [1.54, 1.807) is 6.07 Å². The van der Waals surface area contributed by atoms with Crippen LogP contribution in [0.2, 0.25) is 0 Å². The zero-order chi connectivity index (χ0) is 13.1. The van der Waals surface area contributed by atoms with Crippen LogP contribution in [-0.2, 0) is 0 Å². The largest absolute Gasteiger partial charge is 0.288 e. The molecular weight excluding hydrogens is 237 g/mol. The maximum Gasteiger partial charge on any atom is 0.280 e. The van der Waals surface area contributed by atoms with Crippen LogP contribution in [0.1, 0.15) is 15.9 Å². The number of halogens is 1. The van der Waals surface area contributed by atoms with E-state index >= 15 is 0 Å². The van der Waals surface area contributed by atoms with Crippen molar-refractivity contribution in [1.29, 1.82) is 0 Å². The Morgan fingerprint density at radius 2 is 1.67 bits per heavy atom. The molecule has 0 aliphatic heterocycles. The number of rotatable bonds is 3. The van der Waals surface area contributed by atoms with Gasteiger partial charge in [-0.2, -0.15) is 0 Å². The highest BCUT2D eigenvalue weighted by Crippen LogP contribution is 2.21. The Labute approximate surface area is 102 Å². The second-order valence-corrected chi connectivity index (χ2v) is 3.61. The lowest BCUT2D eigenvalue weighted by Gasteiger charge is -2.02. The summed E-state index contributed by atoms with van der Waals surface area (Å²) in [4.78, 5) is 22.2. The molecule has 0 heterocycles. The normalized spacial score (nSPS) is 10.1. The van der Waals surface area contributed by atoms with Crippen molar-refractivity contribution < 1.29 is 14.1 Å². The molecule has 2 aromatic carbocycles. The minimum absolute atomic E-state index is 0.00546. The number of hydrogen-bond donors (Lipinski definition) is 0. The van der Waals surface area contributed by atoms with Crippen molar-refractivity contribution in [3.05, 3.63) is 75.6 Å². The van der Waals surface area contributed by atoms with E-state index in [0.717, 1.165) is 12.1 Å². The van der Waals surface area contributed by atoms with Crippen LogP contribution in [0.5, 0.6) is 0 Å². The molecule has 0 atom stereocenters. The van der Waals surface area contributed by atoms with Gasteiger partial charge < -0.3 is 0 Å². The molecule has 2 aromatic rings. The van der Waals surface area contributed by atoms with Gasteiger partial charge in [0.15, 0.2) is 5.78 Å². The molecule has 0 fully saturated rings. The fourth-order valence-corrected chi connectivity index (χ4v) is 1.58. The minimum atomic E-state index is -0.614. The Morgan fingerprint density at radius 3 is 2.28 bits per heavy atom. The Bertz CT molecular complexity index is 608. The molecule has 0 aromatic heterocycles. The van der Waals surface area contributed by atoms with Gasteiger partial charge in [0.1, 0.15) is 11.4 Å². The lowest BCUT2D eigenvalue weighted by atomic mass is 10.0. The zero-order valence-corrected chi connectivity index (χ0v) is 9.17. The van der Waals surface area contributed by atoms with Crippen molar-refractivity contribution in [3.8, 4) is 0 Å². The van der Waals surface area contributed by atoms with Crippen LogP contribution < -0.4 is 0 Å². The molecule has 18 heavy (non-hydrogen) atoms. The number of nitro groups is 1. The number of para-hydroxylation sites is 1. The first-order valence-electron chi connectivity index (χ1n) is 5.13. The third-order valence-electron chi connectivity index (χ3n) is 2.45. The van der Waals surface area contributed by atoms with Gasteiger partial charge in [-0.3, -0.25) is 14.9 Å². The van der Waals surface area contributed by atoms with Crippen molar-refractivity contribution >= 4 is 11.5 Å². The molecule has 0 bridgehead atoms. The van der Waals surface area contributed by atoms with Crippen LogP contribution in [-0.4, -0.2) is 10.7 Å². The second kappa shape index (κ2) is 4.75. The van der Waals surface area contributed by atoms with E-state index in [0.29, 0.717) is 0 Å². The second-order valence-electron chi connectivity index (χ2n) is 3.61. The standard InChI is InChI=1S/C13H8FNO3/c14-10-7-5-9(6-8-10)13(16)11-3-1-2-4-12(11)15(17)18/h1-8H. The highest BCUT2D eigenvalue weighted by Gasteiger charge is 2.20. The first-order valence-corrected chi connectivity index (χ1v) is 5.13. The van der Waals surface area contributed by atoms with Crippen LogP contribution in [0, 0.1) is 15.9 Å². The highest BCUT2D eigenvalue weighted by molar-refractivity contribution is 6.11. The maximum atomic E-state index is 12.7. The summed E-state index contributed by atoms with van der Waals surface area (Å²) in [7, 11) is 0. The van der Waals surface area contributed by atoms with Crippen molar-refractivity contribution in [2.45, 2.75) is 0 Å². The third-order valence-corrected chi connectivity index (χ3v) is 2.45. The molecule has 0 saturated heterocycles. The van der Waals surface area contributed by atoms with Crippen molar-refractivity contribution in [3.63, 3.8) is 0 Å². The van der Waals surface area contributed by atoms with Crippen LogP contribution in [0.3, 0.4) is 0 Å². The third kappa shape index (κ3) is 2.24. The van der Waals surface area contributed by atoms with E-state index < -0.39 is 16.5 Å². The molecule has 2 rings (SSSR count).